The van der Waals surface area contributed by atoms with Gasteiger partial charge in [-0.1, -0.05) is 12.1 Å². The number of nitro groups is 1. The molecule has 1 N–H and O–H groups in total. The Balaban J connectivity index is 2.13. The van der Waals surface area contributed by atoms with Gasteiger partial charge in [0.1, 0.15) is 11.3 Å². The SMILES string of the molecule is Cc1c(N=Nc2ccccc2[N+](=O)[O-])c(=O)oc2cc(O)ccc12. The summed E-state index contributed by atoms with van der Waals surface area (Å²) in [6.07, 6.45) is 0. The van der Waals surface area contributed by atoms with E-state index in [1.165, 1.54) is 30.3 Å². The van der Waals surface area contributed by atoms with E-state index in [2.05, 4.69) is 10.2 Å². The van der Waals surface area contributed by atoms with Gasteiger partial charge in [-0.05, 0) is 30.7 Å². The molecule has 0 atom stereocenters. The highest BCUT2D eigenvalue weighted by Gasteiger charge is 2.14. The predicted octanol–water partition coefficient (Wildman–Crippen LogP) is 4.13. The van der Waals surface area contributed by atoms with Crippen LogP contribution in [0.2, 0.25) is 0 Å². The number of hydrogen-bond acceptors (Lipinski definition) is 7. The Bertz CT molecular complexity index is 1040. The lowest BCUT2D eigenvalue weighted by Crippen LogP contribution is -2.00. The molecule has 1 heterocycles. The molecule has 120 valence electrons. The van der Waals surface area contributed by atoms with Crippen molar-refractivity contribution in [2.75, 3.05) is 0 Å². The normalized spacial score (nSPS) is 11.2. The van der Waals surface area contributed by atoms with Crippen molar-refractivity contribution in [2.24, 2.45) is 10.2 Å². The van der Waals surface area contributed by atoms with Crippen molar-refractivity contribution in [1.82, 2.24) is 0 Å². The summed E-state index contributed by atoms with van der Waals surface area (Å²) in [6.45, 7) is 1.66. The molecule has 0 bridgehead atoms. The zero-order chi connectivity index (χ0) is 17.3. The molecule has 3 rings (SSSR count). The summed E-state index contributed by atoms with van der Waals surface area (Å²) < 4.78 is 5.12. The van der Waals surface area contributed by atoms with Crippen LogP contribution in [0, 0.1) is 17.0 Å². The Labute approximate surface area is 134 Å². The van der Waals surface area contributed by atoms with Crippen molar-refractivity contribution in [3.63, 3.8) is 0 Å². The van der Waals surface area contributed by atoms with Crippen LogP contribution in [0.25, 0.3) is 11.0 Å². The fourth-order valence-electron chi connectivity index (χ4n) is 2.26. The lowest BCUT2D eigenvalue weighted by atomic mass is 10.1. The monoisotopic (exact) mass is 325 g/mol. The number of benzene rings is 2. The lowest BCUT2D eigenvalue weighted by Gasteiger charge is -2.03. The molecule has 0 saturated heterocycles. The molecule has 0 fully saturated rings. The van der Waals surface area contributed by atoms with Gasteiger partial charge in [0.05, 0.1) is 4.92 Å². The number of nitrogens with zero attached hydrogens (tertiary/aromatic N) is 3. The zero-order valence-electron chi connectivity index (χ0n) is 12.5. The molecule has 0 aliphatic carbocycles. The summed E-state index contributed by atoms with van der Waals surface area (Å²) in [7, 11) is 0. The van der Waals surface area contributed by atoms with Crippen LogP contribution in [-0.2, 0) is 0 Å². The Morgan fingerprint density at radius 3 is 2.67 bits per heavy atom. The van der Waals surface area contributed by atoms with E-state index in [1.807, 2.05) is 0 Å². The highest BCUT2D eigenvalue weighted by molar-refractivity contribution is 5.84. The molecule has 0 unspecified atom stereocenters. The van der Waals surface area contributed by atoms with E-state index >= 15 is 0 Å². The molecule has 0 saturated carbocycles. The number of aryl methyl sites for hydroxylation is 1. The molecule has 8 heteroatoms. The quantitative estimate of drug-likeness (QED) is 0.336. The van der Waals surface area contributed by atoms with Crippen LogP contribution in [0.5, 0.6) is 5.75 Å². The maximum absolute atomic E-state index is 12.1. The highest BCUT2D eigenvalue weighted by atomic mass is 16.6. The van der Waals surface area contributed by atoms with Gasteiger partial charge in [0.25, 0.3) is 5.69 Å². The van der Waals surface area contributed by atoms with Crippen LogP contribution in [0.15, 0.2) is 61.9 Å². The summed E-state index contributed by atoms with van der Waals surface area (Å²) in [5, 5.41) is 28.7. The number of fused-ring (bicyclic) bond motifs is 1. The summed E-state index contributed by atoms with van der Waals surface area (Å²) in [5.41, 5.74) is -0.244. The van der Waals surface area contributed by atoms with Crippen molar-refractivity contribution in [1.29, 1.82) is 0 Å². The molecule has 0 aliphatic heterocycles. The first-order valence-corrected chi connectivity index (χ1v) is 6.89. The van der Waals surface area contributed by atoms with Gasteiger partial charge in [0.2, 0.25) is 0 Å². The summed E-state index contributed by atoms with van der Waals surface area (Å²) >= 11 is 0. The summed E-state index contributed by atoms with van der Waals surface area (Å²) in [5.74, 6) is -0.0284. The maximum atomic E-state index is 12.1. The van der Waals surface area contributed by atoms with E-state index in [4.69, 9.17) is 4.42 Å². The van der Waals surface area contributed by atoms with Crippen molar-refractivity contribution < 1.29 is 14.4 Å². The fourth-order valence-corrected chi connectivity index (χ4v) is 2.26. The number of azo groups is 1. The number of hydrogen-bond donors (Lipinski definition) is 1. The molecule has 0 aliphatic rings. The van der Waals surface area contributed by atoms with E-state index in [0.29, 0.717) is 10.9 Å². The van der Waals surface area contributed by atoms with E-state index in [0.717, 1.165) is 0 Å². The Kier molecular flexibility index (Phi) is 3.78. The Morgan fingerprint density at radius 1 is 1.17 bits per heavy atom. The number of para-hydroxylation sites is 1. The minimum Gasteiger partial charge on any atom is -0.508 e. The minimum absolute atomic E-state index is 0.0284. The molecule has 24 heavy (non-hydrogen) atoms. The van der Waals surface area contributed by atoms with Crippen LogP contribution in [0.3, 0.4) is 0 Å². The van der Waals surface area contributed by atoms with Gasteiger partial charge in [0.15, 0.2) is 11.4 Å². The lowest BCUT2D eigenvalue weighted by molar-refractivity contribution is -0.384. The first-order chi connectivity index (χ1) is 11.5. The molecule has 1 aromatic heterocycles. The summed E-state index contributed by atoms with van der Waals surface area (Å²) in [6, 6.07) is 10.2. The third kappa shape index (κ3) is 2.72. The molecule has 0 spiro atoms. The van der Waals surface area contributed by atoms with Crippen molar-refractivity contribution in [3.05, 3.63) is 68.6 Å². The number of aromatic hydroxyl groups is 1. The Hall–Kier alpha value is -3.55. The predicted molar refractivity (Wildman–Crippen MR) is 86.2 cm³/mol. The molecular formula is C16H11N3O5. The van der Waals surface area contributed by atoms with E-state index in [-0.39, 0.29) is 28.4 Å². The van der Waals surface area contributed by atoms with Crippen molar-refractivity contribution in [2.45, 2.75) is 6.92 Å². The third-order valence-corrected chi connectivity index (χ3v) is 3.46. The smallest absolute Gasteiger partial charge is 0.364 e. The van der Waals surface area contributed by atoms with Crippen LogP contribution in [-0.4, -0.2) is 10.0 Å². The summed E-state index contributed by atoms with van der Waals surface area (Å²) in [4.78, 5) is 22.5. The molecule has 0 amide bonds. The second kappa shape index (κ2) is 5.92. The Morgan fingerprint density at radius 2 is 1.92 bits per heavy atom. The van der Waals surface area contributed by atoms with Gasteiger partial charge in [-0.3, -0.25) is 10.1 Å². The molecule has 3 aromatic rings. The molecule has 2 aromatic carbocycles. The second-order valence-corrected chi connectivity index (χ2v) is 4.99. The number of phenolic OH excluding ortho intramolecular Hbond substituents is 1. The largest absolute Gasteiger partial charge is 0.508 e. The van der Waals surface area contributed by atoms with Crippen molar-refractivity contribution in [3.8, 4) is 5.75 Å². The number of phenols is 1. The van der Waals surface area contributed by atoms with Crippen LogP contribution in [0.1, 0.15) is 5.56 Å². The van der Waals surface area contributed by atoms with Gasteiger partial charge >= 0.3 is 5.63 Å². The van der Waals surface area contributed by atoms with Crippen LogP contribution < -0.4 is 5.63 Å². The van der Waals surface area contributed by atoms with Gasteiger partial charge in [0, 0.05) is 17.5 Å². The topological polar surface area (TPSA) is 118 Å². The van der Waals surface area contributed by atoms with Crippen LogP contribution in [0.4, 0.5) is 17.1 Å². The van der Waals surface area contributed by atoms with Gasteiger partial charge in [-0.25, -0.2) is 4.79 Å². The van der Waals surface area contributed by atoms with Gasteiger partial charge < -0.3 is 9.52 Å². The average Bonchev–Trinajstić information content (AvgIpc) is 2.54. The van der Waals surface area contributed by atoms with E-state index in [1.54, 1.807) is 19.1 Å². The first kappa shape index (κ1) is 15.3. The second-order valence-electron chi connectivity index (χ2n) is 4.99. The van der Waals surface area contributed by atoms with Crippen molar-refractivity contribution >= 4 is 28.0 Å². The molecular weight excluding hydrogens is 314 g/mol. The standard InChI is InChI=1S/C16H11N3O5/c1-9-11-7-6-10(20)8-14(11)24-16(21)15(9)18-17-12-4-2-3-5-13(12)19(22)23/h2-8,20H,1H3. The first-order valence-electron chi connectivity index (χ1n) is 6.89. The fraction of sp³-hybridized carbons (Fsp3) is 0.0625. The third-order valence-electron chi connectivity index (χ3n) is 3.46. The zero-order valence-corrected chi connectivity index (χ0v) is 12.5. The number of nitro benzene ring substituents is 1. The number of rotatable bonds is 3. The van der Waals surface area contributed by atoms with Gasteiger partial charge in [-0.15, -0.1) is 10.2 Å². The maximum Gasteiger partial charge on any atom is 0.364 e. The highest BCUT2D eigenvalue weighted by Crippen LogP contribution is 2.30. The van der Waals surface area contributed by atoms with Gasteiger partial charge in [-0.2, -0.15) is 0 Å². The molecule has 8 nitrogen and oxygen atoms in total. The van der Waals surface area contributed by atoms with E-state index < -0.39 is 10.5 Å². The minimum atomic E-state index is -0.743. The van der Waals surface area contributed by atoms with E-state index in [9.17, 15) is 20.0 Å². The molecule has 0 radical (unpaired) electrons. The average molecular weight is 325 g/mol. The van der Waals surface area contributed by atoms with Crippen LogP contribution >= 0.6 is 0 Å².